The third-order valence-electron chi connectivity index (χ3n) is 3.26. The zero-order chi connectivity index (χ0) is 17.2. The molecule has 2 heterocycles. The van der Waals surface area contributed by atoms with E-state index in [1.807, 2.05) is 24.3 Å². The van der Waals surface area contributed by atoms with E-state index in [4.69, 9.17) is 16.1 Å². The molecule has 3 aromatic rings. The second-order valence-corrected chi connectivity index (χ2v) is 7.56. The molecule has 0 aliphatic heterocycles. The lowest BCUT2D eigenvalue weighted by Crippen LogP contribution is -2.13. The van der Waals surface area contributed by atoms with Crippen molar-refractivity contribution in [1.82, 2.24) is 19.5 Å². The van der Waals surface area contributed by atoms with Gasteiger partial charge in [0.1, 0.15) is 5.82 Å². The molecule has 0 atom stereocenters. The van der Waals surface area contributed by atoms with E-state index in [1.54, 1.807) is 0 Å². The summed E-state index contributed by atoms with van der Waals surface area (Å²) in [5.74, 6) is 1.95. The lowest BCUT2D eigenvalue weighted by Gasteiger charge is -2.12. The fourth-order valence-corrected chi connectivity index (χ4v) is 2.95. The third kappa shape index (κ3) is 4.10. The van der Waals surface area contributed by atoms with Crippen LogP contribution < -0.4 is 5.32 Å². The number of aromatic nitrogens is 4. The quantitative estimate of drug-likeness (QED) is 0.732. The van der Waals surface area contributed by atoms with Crippen LogP contribution in [0.25, 0.3) is 11.4 Å². The molecule has 1 N–H and O–H groups in total. The largest absolute Gasteiger partial charge is 0.360 e. The van der Waals surface area contributed by atoms with E-state index in [9.17, 15) is 0 Å². The monoisotopic (exact) mass is 363 g/mol. The van der Waals surface area contributed by atoms with Crippen LogP contribution in [0, 0.1) is 0 Å². The SMILES string of the molecule is CC(C)(C)c1nsc(NCCc2nc(-c3cccc(Cl)c3)no2)n1. The molecular weight excluding hydrogens is 346 g/mol. The number of benzene rings is 1. The van der Waals surface area contributed by atoms with Crippen LogP contribution >= 0.6 is 23.1 Å². The summed E-state index contributed by atoms with van der Waals surface area (Å²) < 4.78 is 9.65. The standard InChI is InChI=1S/C16H18ClN5OS/c1-16(2,3)14-20-15(24-22-14)18-8-7-12-19-13(21-23-12)10-5-4-6-11(17)9-10/h4-6,9H,7-8H2,1-3H3,(H,18,20,22). The number of hydrogen-bond donors (Lipinski definition) is 1. The predicted molar refractivity (Wildman–Crippen MR) is 95.5 cm³/mol. The van der Waals surface area contributed by atoms with E-state index in [-0.39, 0.29) is 5.41 Å². The van der Waals surface area contributed by atoms with Crippen molar-refractivity contribution in [2.75, 3.05) is 11.9 Å². The van der Waals surface area contributed by atoms with Crippen LogP contribution in [-0.2, 0) is 11.8 Å². The van der Waals surface area contributed by atoms with E-state index in [0.717, 1.165) is 16.5 Å². The minimum atomic E-state index is -0.0468. The van der Waals surface area contributed by atoms with Gasteiger partial charge < -0.3 is 9.84 Å². The van der Waals surface area contributed by atoms with Crippen molar-refractivity contribution in [3.05, 3.63) is 41.0 Å². The van der Waals surface area contributed by atoms with Crippen LogP contribution in [0.1, 0.15) is 32.5 Å². The zero-order valence-electron chi connectivity index (χ0n) is 13.7. The normalized spacial score (nSPS) is 11.7. The summed E-state index contributed by atoms with van der Waals surface area (Å²) in [5.41, 5.74) is 0.791. The Morgan fingerprint density at radius 1 is 1.25 bits per heavy atom. The smallest absolute Gasteiger partial charge is 0.228 e. The molecule has 8 heteroatoms. The first-order valence-corrected chi connectivity index (χ1v) is 8.73. The zero-order valence-corrected chi connectivity index (χ0v) is 15.3. The minimum absolute atomic E-state index is 0.0468. The number of nitrogens with zero attached hydrogens (tertiary/aromatic N) is 4. The molecule has 0 amide bonds. The van der Waals surface area contributed by atoms with E-state index < -0.39 is 0 Å². The molecule has 126 valence electrons. The first kappa shape index (κ1) is 16.9. The van der Waals surface area contributed by atoms with Gasteiger partial charge in [-0.2, -0.15) is 9.36 Å². The lowest BCUT2D eigenvalue weighted by atomic mass is 9.96. The number of halogens is 1. The van der Waals surface area contributed by atoms with Crippen molar-refractivity contribution in [2.45, 2.75) is 32.6 Å². The fraction of sp³-hybridized carbons (Fsp3) is 0.375. The van der Waals surface area contributed by atoms with Gasteiger partial charge in [-0.1, -0.05) is 49.7 Å². The minimum Gasteiger partial charge on any atom is -0.360 e. The fourth-order valence-electron chi connectivity index (χ4n) is 1.98. The molecule has 0 radical (unpaired) electrons. The summed E-state index contributed by atoms with van der Waals surface area (Å²) in [6, 6.07) is 7.37. The van der Waals surface area contributed by atoms with Crippen LogP contribution in [0.15, 0.2) is 28.8 Å². The Bertz CT molecular complexity index is 824. The summed E-state index contributed by atoms with van der Waals surface area (Å²) in [5, 5.41) is 8.68. The average Bonchev–Trinajstić information content (AvgIpc) is 3.16. The number of rotatable bonds is 5. The van der Waals surface area contributed by atoms with Crippen LogP contribution in [0.4, 0.5) is 5.13 Å². The number of anilines is 1. The van der Waals surface area contributed by atoms with Gasteiger partial charge in [0.05, 0.1) is 0 Å². The second kappa shape index (κ2) is 6.86. The van der Waals surface area contributed by atoms with Gasteiger partial charge >= 0.3 is 0 Å². The highest BCUT2D eigenvalue weighted by atomic mass is 35.5. The van der Waals surface area contributed by atoms with Gasteiger partial charge in [-0.05, 0) is 12.1 Å². The van der Waals surface area contributed by atoms with Crippen molar-refractivity contribution in [1.29, 1.82) is 0 Å². The van der Waals surface area contributed by atoms with Crippen molar-refractivity contribution < 1.29 is 4.52 Å². The Balaban J connectivity index is 1.57. The average molecular weight is 364 g/mol. The summed E-state index contributed by atoms with van der Waals surface area (Å²) in [6.45, 7) is 6.92. The topological polar surface area (TPSA) is 76.7 Å². The van der Waals surface area contributed by atoms with Crippen molar-refractivity contribution >= 4 is 28.3 Å². The van der Waals surface area contributed by atoms with E-state index in [2.05, 4.69) is 45.6 Å². The molecule has 3 rings (SSSR count). The molecule has 0 saturated carbocycles. The summed E-state index contributed by atoms with van der Waals surface area (Å²) in [4.78, 5) is 8.88. The van der Waals surface area contributed by atoms with Gasteiger partial charge in [-0.15, -0.1) is 0 Å². The van der Waals surface area contributed by atoms with Crippen LogP contribution in [0.5, 0.6) is 0 Å². The summed E-state index contributed by atoms with van der Waals surface area (Å²) >= 11 is 7.34. The van der Waals surface area contributed by atoms with Crippen molar-refractivity contribution in [2.24, 2.45) is 0 Å². The first-order valence-electron chi connectivity index (χ1n) is 7.58. The Labute approximate surface area is 149 Å². The highest BCUT2D eigenvalue weighted by molar-refractivity contribution is 7.09. The molecule has 0 aliphatic rings. The van der Waals surface area contributed by atoms with Crippen LogP contribution in [-0.4, -0.2) is 26.0 Å². The van der Waals surface area contributed by atoms with Gasteiger partial charge in [-0.25, -0.2) is 4.98 Å². The number of nitrogens with one attached hydrogen (secondary N) is 1. The molecule has 2 aromatic heterocycles. The lowest BCUT2D eigenvalue weighted by molar-refractivity contribution is 0.381. The number of hydrogen-bond acceptors (Lipinski definition) is 7. The van der Waals surface area contributed by atoms with Gasteiger partial charge in [0, 0.05) is 40.5 Å². The van der Waals surface area contributed by atoms with Gasteiger partial charge in [0.25, 0.3) is 0 Å². The Morgan fingerprint density at radius 3 is 2.79 bits per heavy atom. The van der Waals surface area contributed by atoms with Gasteiger partial charge in [-0.3, -0.25) is 0 Å². The highest BCUT2D eigenvalue weighted by Gasteiger charge is 2.19. The van der Waals surface area contributed by atoms with Crippen molar-refractivity contribution in [3.8, 4) is 11.4 Å². The highest BCUT2D eigenvalue weighted by Crippen LogP contribution is 2.23. The van der Waals surface area contributed by atoms with Crippen LogP contribution in [0.2, 0.25) is 5.02 Å². The van der Waals surface area contributed by atoms with E-state index in [0.29, 0.717) is 29.7 Å². The van der Waals surface area contributed by atoms with E-state index >= 15 is 0 Å². The molecule has 0 fully saturated rings. The maximum Gasteiger partial charge on any atom is 0.228 e. The summed E-state index contributed by atoms with van der Waals surface area (Å²) in [7, 11) is 0. The molecule has 6 nitrogen and oxygen atoms in total. The summed E-state index contributed by atoms with van der Waals surface area (Å²) in [6.07, 6.45) is 0.609. The van der Waals surface area contributed by atoms with Gasteiger partial charge in [0.15, 0.2) is 0 Å². The molecule has 0 unspecified atom stereocenters. The van der Waals surface area contributed by atoms with Gasteiger partial charge in [0.2, 0.25) is 16.8 Å². The predicted octanol–water partition coefficient (Wildman–Crippen LogP) is 4.19. The van der Waals surface area contributed by atoms with Crippen LogP contribution in [0.3, 0.4) is 0 Å². The Kier molecular flexibility index (Phi) is 4.82. The molecule has 0 bridgehead atoms. The van der Waals surface area contributed by atoms with E-state index in [1.165, 1.54) is 11.5 Å². The first-order chi connectivity index (χ1) is 11.4. The molecule has 24 heavy (non-hydrogen) atoms. The maximum atomic E-state index is 5.98. The molecule has 1 aromatic carbocycles. The third-order valence-corrected chi connectivity index (χ3v) is 4.17. The Hall–Kier alpha value is -1.99. The molecule has 0 aliphatic carbocycles. The Morgan fingerprint density at radius 2 is 2.08 bits per heavy atom. The molecular formula is C16H18ClN5OS. The van der Waals surface area contributed by atoms with Crippen molar-refractivity contribution in [3.63, 3.8) is 0 Å². The molecule has 0 spiro atoms. The second-order valence-electron chi connectivity index (χ2n) is 6.37. The molecule has 0 saturated heterocycles. The maximum absolute atomic E-state index is 5.98.